The van der Waals surface area contributed by atoms with Crippen LogP contribution in [-0.4, -0.2) is 39.0 Å². The highest BCUT2D eigenvalue weighted by atomic mass is 19.1. The van der Waals surface area contributed by atoms with Gasteiger partial charge in [-0.1, -0.05) is 30.3 Å². The highest BCUT2D eigenvalue weighted by molar-refractivity contribution is 6.06. The van der Waals surface area contributed by atoms with Gasteiger partial charge in [-0.3, -0.25) is 9.36 Å². The monoisotopic (exact) mass is 405 g/mol. The highest BCUT2D eigenvalue weighted by Gasteiger charge is 2.27. The normalized spacial score (nSPS) is 19.4. The molecule has 5 rings (SSSR count). The number of ether oxygens (including phenoxy) is 1. The number of rotatable bonds is 3. The lowest BCUT2D eigenvalue weighted by Gasteiger charge is -2.29. The summed E-state index contributed by atoms with van der Waals surface area (Å²) in [4.78, 5) is 21.7. The summed E-state index contributed by atoms with van der Waals surface area (Å²) in [5.41, 5.74) is 2.24. The Hall–Kier alpha value is -3.16. The van der Waals surface area contributed by atoms with Crippen LogP contribution in [0.5, 0.6) is 0 Å². The smallest absolute Gasteiger partial charge is 0.261 e. The summed E-state index contributed by atoms with van der Waals surface area (Å²) in [6, 6.07) is 12.3. The van der Waals surface area contributed by atoms with Crippen molar-refractivity contribution in [3.63, 3.8) is 0 Å². The third kappa shape index (κ3) is 3.26. The van der Waals surface area contributed by atoms with Crippen molar-refractivity contribution in [2.45, 2.75) is 25.0 Å². The molecule has 4 aromatic rings. The van der Waals surface area contributed by atoms with Crippen LogP contribution in [0.1, 0.15) is 23.6 Å². The molecule has 2 atom stereocenters. The fourth-order valence-corrected chi connectivity index (χ4v) is 4.20. The van der Waals surface area contributed by atoms with Crippen molar-refractivity contribution in [1.82, 2.24) is 14.5 Å². The number of pyridine rings is 1. The van der Waals surface area contributed by atoms with Gasteiger partial charge in [0.25, 0.3) is 5.56 Å². The Kier molecular flexibility index (Phi) is 4.77. The molecule has 152 valence electrons. The number of nitrogens with zero attached hydrogens (tertiary/aromatic N) is 3. The molecule has 0 spiro atoms. The van der Waals surface area contributed by atoms with E-state index < -0.39 is 12.1 Å². The van der Waals surface area contributed by atoms with Gasteiger partial charge in [0.2, 0.25) is 5.95 Å². The molecule has 6 nitrogen and oxygen atoms in total. The summed E-state index contributed by atoms with van der Waals surface area (Å²) in [5, 5.41) is 12.7. The molecule has 7 heteroatoms. The summed E-state index contributed by atoms with van der Waals surface area (Å²) in [7, 11) is 0. The molecule has 2 unspecified atom stereocenters. The molecule has 1 N–H and O–H groups in total. The van der Waals surface area contributed by atoms with E-state index >= 15 is 0 Å². The molecule has 1 fully saturated rings. The van der Waals surface area contributed by atoms with Gasteiger partial charge in [-0.2, -0.15) is 4.39 Å². The van der Waals surface area contributed by atoms with Crippen molar-refractivity contribution in [1.29, 1.82) is 0 Å². The number of aromatic nitrogens is 3. The summed E-state index contributed by atoms with van der Waals surface area (Å²) < 4.78 is 20.0. The first kappa shape index (κ1) is 18.8. The molecule has 0 saturated carbocycles. The maximum Gasteiger partial charge on any atom is 0.261 e. The fraction of sp³-hybridized carbons (Fsp3) is 0.261. The Balaban J connectivity index is 1.70. The molecule has 0 amide bonds. The fourth-order valence-electron chi connectivity index (χ4n) is 4.20. The summed E-state index contributed by atoms with van der Waals surface area (Å²) in [6.45, 7) is 0.697. The zero-order valence-electron chi connectivity index (χ0n) is 16.2. The van der Waals surface area contributed by atoms with E-state index in [9.17, 15) is 14.3 Å². The van der Waals surface area contributed by atoms with E-state index in [0.29, 0.717) is 30.4 Å². The zero-order valence-corrected chi connectivity index (χ0v) is 16.2. The first-order valence-corrected chi connectivity index (χ1v) is 9.89. The van der Waals surface area contributed by atoms with Gasteiger partial charge in [-0.05, 0) is 41.5 Å². The SMILES string of the molecule is O=c1c2cc(Cc3ccc(F)nc3)c3ccccc3c2ncn1C1CCOCC1O. The van der Waals surface area contributed by atoms with E-state index in [2.05, 4.69) is 9.97 Å². The molecule has 1 aliphatic rings. The van der Waals surface area contributed by atoms with Gasteiger partial charge in [0.1, 0.15) is 0 Å². The van der Waals surface area contributed by atoms with Gasteiger partial charge in [-0.15, -0.1) is 0 Å². The molecule has 0 radical (unpaired) electrons. The Labute approximate surface area is 171 Å². The third-order valence-electron chi connectivity index (χ3n) is 5.71. The molecule has 1 aliphatic heterocycles. The molecule has 1 saturated heterocycles. The van der Waals surface area contributed by atoms with Crippen LogP contribution >= 0.6 is 0 Å². The molecular weight excluding hydrogens is 385 g/mol. The largest absolute Gasteiger partial charge is 0.389 e. The molecular formula is C23H20FN3O3. The second-order valence-electron chi connectivity index (χ2n) is 7.60. The lowest BCUT2D eigenvalue weighted by atomic mass is 9.96. The maximum atomic E-state index is 13.4. The van der Waals surface area contributed by atoms with Crippen LogP contribution in [0.25, 0.3) is 21.7 Å². The minimum Gasteiger partial charge on any atom is -0.389 e. The predicted molar refractivity (Wildman–Crippen MR) is 111 cm³/mol. The number of hydrogen-bond donors (Lipinski definition) is 1. The maximum absolute atomic E-state index is 13.4. The number of aliphatic hydroxyl groups is 1. The first-order valence-electron chi connectivity index (χ1n) is 9.89. The van der Waals surface area contributed by atoms with Gasteiger partial charge in [0, 0.05) is 18.2 Å². The molecule has 2 aromatic heterocycles. The standard InChI is InChI=1S/C23H20FN3O3/c24-21-6-5-14(11-25-21)9-15-10-18-22(17-4-2-1-3-16(15)17)26-13-27(23(18)29)19-7-8-30-12-20(19)28/h1-6,10-11,13,19-20,28H,7-9,12H2. The summed E-state index contributed by atoms with van der Waals surface area (Å²) in [5.74, 6) is -0.524. The van der Waals surface area contributed by atoms with Crippen molar-refractivity contribution in [3.05, 3.63) is 82.4 Å². The van der Waals surface area contributed by atoms with Crippen LogP contribution in [-0.2, 0) is 11.2 Å². The number of hydrogen-bond acceptors (Lipinski definition) is 5. The van der Waals surface area contributed by atoms with Crippen molar-refractivity contribution in [2.24, 2.45) is 0 Å². The number of benzene rings is 2. The van der Waals surface area contributed by atoms with E-state index in [-0.39, 0.29) is 18.2 Å². The van der Waals surface area contributed by atoms with Gasteiger partial charge < -0.3 is 9.84 Å². The number of fused-ring (bicyclic) bond motifs is 3. The van der Waals surface area contributed by atoms with Gasteiger partial charge in [0.05, 0.1) is 36.0 Å². The average Bonchev–Trinajstić information content (AvgIpc) is 2.77. The zero-order chi connectivity index (χ0) is 20.7. The Morgan fingerprint density at radius 1 is 1.13 bits per heavy atom. The number of aliphatic hydroxyl groups excluding tert-OH is 1. The molecule has 0 bridgehead atoms. The van der Waals surface area contributed by atoms with Crippen molar-refractivity contribution in [2.75, 3.05) is 13.2 Å². The van der Waals surface area contributed by atoms with Crippen LogP contribution in [0, 0.1) is 5.95 Å². The van der Waals surface area contributed by atoms with Crippen LogP contribution in [0.4, 0.5) is 4.39 Å². The number of halogens is 1. The highest BCUT2D eigenvalue weighted by Crippen LogP contribution is 2.28. The van der Waals surface area contributed by atoms with Gasteiger partial charge >= 0.3 is 0 Å². The molecule has 0 aliphatic carbocycles. The molecule has 2 aromatic carbocycles. The van der Waals surface area contributed by atoms with Crippen LogP contribution < -0.4 is 5.56 Å². The summed E-state index contributed by atoms with van der Waals surface area (Å²) >= 11 is 0. The second kappa shape index (κ2) is 7.59. The van der Waals surface area contributed by atoms with Gasteiger partial charge in [-0.25, -0.2) is 9.97 Å². The van der Waals surface area contributed by atoms with E-state index in [0.717, 1.165) is 21.9 Å². The summed E-state index contributed by atoms with van der Waals surface area (Å²) in [6.07, 6.45) is 3.35. The Morgan fingerprint density at radius 3 is 2.73 bits per heavy atom. The van der Waals surface area contributed by atoms with E-state index in [1.54, 1.807) is 6.07 Å². The van der Waals surface area contributed by atoms with Crippen LogP contribution in [0.2, 0.25) is 0 Å². The van der Waals surface area contributed by atoms with Crippen molar-refractivity contribution in [3.8, 4) is 0 Å². The third-order valence-corrected chi connectivity index (χ3v) is 5.71. The lowest BCUT2D eigenvalue weighted by molar-refractivity contribution is -0.0395. The van der Waals surface area contributed by atoms with E-state index in [4.69, 9.17) is 4.74 Å². The van der Waals surface area contributed by atoms with Crippen LogP contribution in [0.15, 0.2) is 59.8 Å². The Morgan fingerprint density at radius 2 is 1.97 bits per heavy atom. The lowest BCUT2D eigenvalue weighted by Crippen LogP contribution is -2.39. The molecule has 3 heterocycles. The van der Waals surface area contributed by atoms with Crippen molar-refractivity contribution < 1.29 is 14.2 Å². The van der Waals surface area contributed by atoms with E-state index in [1.165, 1.54) is 23.2 Å². The van der Waals surface area contributed by atoms with Crippen molar-refractivity contribution >= 4 is 21.7 Å². The first-order chi connectivity index (χ1) is 14.6. The Bertz CT molecular complexity index is 1290. The minimum atomic E-state index is -0.749. The minimum absolute atomic E-state index is 0.185. The van der Waals surface area contributed by atoms with Crippen LogP contribution in [0.3, 0.4) is 0 Å². The van der Waals surface area contributed by atoms with Gasteiger partial charge in [0.15, 0.2) is 0 Å². The molecule has 30 heavy (non-hydrogen) atoms. The second-order valence-corrected chi connectivity index (χ2v) is 7.60. The van der Waals surface area contributed by atoms with E-state index in [1.807, 2.05) is 30.3 Å². The predicted octanol–water partition coefficient (Wildman–Crippen LogP) is 3.00. The average molecular weight is 405 g/mol. The topological polar surface area (TPSA) is 77.2 Å². The quantitative estimate of drug-likeness (QED) is 0.419.